The van der Waals surface area contributed by atoms with Crippen LogP contribution in [0.25, 0.3) is 10.2 Å². The summed E-state index contributed by atoms with van der Waals surface area (Å²) in [5.41, 5.74) is 4.08. The number of hydrogen-bond acceptors (Lipinski definition) is 5. The minimum absolute atomic E-state index is 0.192. The molecule has 0 atom stereocenters. The summed E-state index contributed by atoms with van der Waals surface area (Å²) in [5.74, 6) is -0.726. The van der Waals surface area contributed by atoms with Crippen molar-refractivity contribution in [1.29, 1.82) is 0 Å². The van der Waals surface area contributed by atoms with Crippen molar-refractivity contribution in [2.45, 2.75) is 13.8 Å². The van der Waals surface area contributed by atoms with E-state index in [4.69, 9.17) is 0 Å². The van der Waals surface area contributed by atoms with Crippen LogP contribution in [0.3, 0.4) is 0 Å². The third kappa shape index (κ3) is 2.67. The van der Waals surface area contributed by atoms with Gasteiger partial charge in [-0.2, -0.15) is 5.10 Å². The number of nitrogens with zero attached hydrogens (tertiary/aromatic N) is 3. The van der Waals surface area contributed by atoms with Crippen LogP contribution in [0.4, 0.5) is 14.6 Å². The number of fused-ring (bicyclic) bond motifs is 1. The van der Waals surface area contributed by atoms with E-state index >= 15 is 0 Å². The molecule has 4 nitrogen and oxygen atoms in total. The minimum Gasteiger partial charge on any atom is -0.261 e. The molecule has 0 fully saturated rings. The van der Waals surface area contributed by atoms with E-state index in [9.17, 15) is 8.78 Å². The van der Waals surface area contributed by atoms with Crippen molar-refractivity contribution in [1.82, 2.24) is 9.97 Å². The third-order valence-electron chi connectivity index (χ3n) is 3.30. The quantitative estimate of drug-likeness (QED) is 0.586. The monoisotopic (exact) mass is 318 g/mol. The minimum atomic E-state index is -0.666. The lowest BCUT2D eigenvalue weighted by Crippen LogP contribution is -1.97. The highest BCUT2D eigenvalue weighted by molar-refractivity contribution is 7.18. The first-order valence-electron chi connectivity index (χ1n) is 6.51. The average Bonchev–Trinajstić information content (AvgIpc) is 2.77. The predicted molar refractivity (Wildman–Crippen MR) is 84.5 cm³/mol. The zero-order valence-corrected chi connectivity index (χ0v) is 12.7. The van der Waals surface area contributed by atoms with Gasteiger partial charge in [-0.15, -0.1) is 11.3 Å². The summed E-state index contributed by atoms with van der Waals surface area (Å²) < 4.78 is 26.4. The van der Waals surface area contributed by atoms with Crippen LogP contribution in [-0.2, 0) is 0 Å². The largest absolute Gasteiger partial charge is 0.261 e. The highest BCUT2D eigenvalue weighted by atomic mass is 32.1. The van der Waals surface area contributed by atoms with Crippen LogP contribution >= 0.6 is 11.3 Å². The van der Waals surface area contributed by atoms with Crippen LogP contribution in [0.1, 0.15) is 16.0 Å². The van der Waals surface area contributed by atoms with E-state index in [2.05, 4.69) is 20.5 Å². The first-order valence-corrected chi connectivity index (χ1v) is 7.32. The van der Waals surface area contributed by atoms with Crippen molar-refractivity contribution in [2.24, 2.45) is 5.10 Å². The van der Waals surface area contributed by atoms with Crippen LogP contribution in [0.5, 0.6) is 0 Å². The van der Waals surface area contributed by atoms with Gasteiger partial charge in [0.15, 0.2) is 5.82 Å². The van der Waals surface area contributed by atoms with Gasteiger partial charge in [0.2, 0.25) is 0 Å². The lowest BCUT2D eigenvalue weighted by molar-refractivity contribution is 0.582. The summed E-state index contributed by atoms with van der Waals surface area (Å²) >= 11 is 1.58. The van der Waals surface area contributed by atoms with Gasteiger partial charge in [0.1, 0.15) is 22.8 Å². The van der Waals surface area contributed by atoms with Crippen molar-refractivity contribution in [3.8, 4) is 0 Å². The van der Waals surface area contributed by atoms with Crippen LogP contribution in [0.2, 0.25) is 0 Å². The summed E-state index contributed by atoms with van der Waals surface area (Å²) in [6, 6.07) is 3.32. The lowest BCUT2D eigenvalue weighted by Gasteiger charge is -2.02. The molecular formula is C15H12F2N4S. The summed E-state index contributed by atoms with van der Waals surface area (Å²) in [6.07, 6.45) is 2.74. The highest BCUT2D eigenvalue weighted by Gasteiger charge is 2.11. The van der Waals surface area contributed by atoms with Crippen LogP contribution in [0.15, 0.2) is 29.6 Å². The molecule has 0 bridgehead atoms. The van der Waals surface area contributed by atoms with E-state index in [0.29, 0.717) is 5.82 Å². The molecule has 1 N–H and O–H groups in total. The fourth-order valence-electron chi connectivity index (χ4n) is 2.04. The van der Waals surface area contributed by atoms with E-state index in [1.165, 1.54) is 24.7 Å². The van der Waals surface area contributed by atoms with E-state index < -0.39 is 11.6 Å². The number of hydrazone groups is 1. The van der Waals surface area contributed by atoms with E-state index in [-0.39, 0.29) is 5.56 Å². The number of benzene rings is 1. The normalized spacial score (nSPS) is 11.5. The van der Waals surface area contributed by atoms with Crippen molar-refractivity contribution >= 4 is 33.6 Å². The third-order valence-corrected chi connectivity index (χ3v) is 4.42. The zero-order valence-electron chi connectivity index (χ0n) is 11.9. The van der Waals surface area contributed by atoms with Gasteiger partial charge in [-0.3, -0.25) is 5.43 Å². The Morgan fingerprint density at radius 2 is 2.05 bits per heavy atom. The molecule has 0 aliphatic heterocycles. The number of thiophene rings is 1. The molecule has 0 amide bonds. The maximum atomic E-state index is 13.5. The van der Waals surface area contributed by atoms with Crippen molar-refractivity contribution in [2.75, 3.05) is 5.43 Å². The maximum absolute atomic E-state index is 13.5. The highest BCUT2D eigenvalue weighted by Crippen LogP contribution is 2.32. The molecule has 112 valence electrons. The van der Waals surface area contributed by atoms with Gasteiger partial charge < -0.3 is 0 Å². The molecule has 3 aromatic rings. The fraction of sp³-hybridized carbons (Fsp3) is 0.133. The van der Waals surface area contributed by atoms with Crippen molar-refractivity contribution in [3.05, 3.63) is 52.2 Å². The number of aromatic nitrogens is 2. The Hall–Kier alpha value is -2.41. The predicted octanol–water partition coefficient (Wildman–Crippen LogP) is 4.03. The molecule has 0 aliphatic carbocycles. The van der Waals surface area contributed by atoms with Gasteiger partial charge >= 0.3 is 0 Å². The Bertz CT molecular complexity index is 873. The van der Waals surface area contributed by atoms with E-state index in [1.807, 2.05) is 13.8 Å². The summed E-state index contributed by atoms with van der Waals surface area (Å²) in [4.78, 5) is 10.4. The topological polar surface area (TPSA) is 50.2 Å². The first kappa shape index (κ1) is 14.5. The van der Waals surface area contributed by atoms with Gasteiger partial charge in [0.25, 0.3) is 0 Å². The van der Waals surface area contributed by atoms with Gasteiger partial charge in [0, 0.05) is 16.5 Å². The van der Waals surface area contributed by atoms with Gasteiger partial charge in [0.05, 0.1) is 11.6 Å². The molecule has 3 rings (SSSR count). The molecule has 0 radical (unpaired) electrons. The average molecular weight is 318 g/mol. The number of aryl methyl sites for hydroxylation is 2. The van der Waals surface area contributed by atoms with Crippen LogP contribution < -0.4 is 5.43 Å². The second kappa shape index (κ2) is 5.76. The maximum Gasteiger partial charge on any atom is 0.158 e. The second-order valence-corrected chi connectivity index (χ2v) is 5.92. The second-order valence-electron chi connectivity index (χ2n) is 4.72. The molecule has 0 saturated carbocycles. The number of rotatable bonds is 3. The smallest absolute Gasteiger partial charge is 0.158 e. The fourth-order valence-corrected chi connectivity index (χ4v) is 3.03. The summed E-state index contributed by atoms with van der Waals surface area (Å²) in [7, 11) is 0. The van der Waals surface area contributed by atoms with Crippen LogP contribution in [0, 0.1) is 25.5 Å². The number of anilines is 1. The Kier molecular flexibility index (Phi) is 3.81. The first-order chi connectivity index (χ1) is 10.6. The van der Waals surface area contributed by atoms with Gasteiger partial charge in [-0.1, -0.05) is 0 Å². The molecule has 0 spiro atoms. The zero-order chi connectivity index (χ0) is 15.7. The van der Waals surface area contributed by atoms with Gasteiger partial charge in [-0.05, 0) is 31.5 Å². The molecule has 0 aliphatic rings. The van der Waals surface area contributed by atoms with Crippen molar-refractivity contribution < 1.29 is 8.78 Å². The standard InChI is InChI=1S/C15H12F2N4S/c1-8-9(2)22-15-13(8)14(18-7-19-15)21-20-6-10-3-4-11(16)5-12(10)17/h3-7H,1-2H3,(H,18,19,21)/b20-6-. The van der Waals surface area contributed by atoms with Crippen LogP contribution in [-0.4, -0.2) is 16.2 Å². The molecular weight excluding hydrogens is 306 g/mol. The number of hydrogen-bond donors (Lipinski definition) is 1. The lowest BCUT2D eigenvalue weighted by atomic mass is 10.2. The Morgan fingerprint density at radius 1 is 1.23 bits per heavy atom. The van der Waals surface area contributed by atoms with Crippen molar-refractivity contribution in [3.63, 3.8) is 0 Å². The Morgan fingerprint density at radius 3 is 2.82 bits per heavy atom. The summed E-state index contributed by atoms with van der Waals surface area (Å²) in [5, 5.41) is 4.88. The van der Waals surface area contributed by atoms with E-state index in [0.717, 1.165) is 26.7 Å². The molecule has 1 aromatic carbocycles. The number of nitrogens with one attached hydrogen (secondary N) is 1. The molecule has 22 heavy (non-hydrogen) atoms. The molecule has 7 heteroatoms. The summed E-state index contributed by atoms with van der Waals surface area (Å²) in [6.45, 7) is 4.01. The Labute approximate surface area is 129 Å². The Balaban J connectivity index is 1.89. The SMILES string of the molecule is Cc1sc2ncnc(N/N=C\c3ccc(F)cc3F)c2c1C. The van der Waals surface area contributed by atoms with E-state index in [1.54, 1.807) is 11.3 Å². The molecule has 0 unspecified atom stereocenters. The van der Waals surface area contributed by atoms with Gasteiger partial charge in [-0.25, -0.2) is 18.7 Å². The molecule has 2 heterocycles. The number of halogens is 2. The molecule has 0 saturated heterocycles. The molecule has 2 aromatic heterocycles.